The Labute approximate surface area is 241 Å². The van der Waals surface area contributed by atoms with Crippen molar-refractivity contribution in [1.29, 1.82) is 0 Å². The van der Waals surface area contributed by atoms with E-state index in [9.17, 15) is 14.8 Å². The molecule has 1 atom stereocenters. The molecule has 0 aliphatic carbocycles. The summed E-state index contributed by atoms with van der Waals surface area (Å²) in [4.78, 5) is 31.0. The Morgan fingerprint density at radius 2 is 1.60 bits per heavy atom. The summed E-state index contributed by atoms with van der Waals surface area (Å²) in [5.41, 5.74) is 3.02. The topological polar surface area (TPSA) is 97.5 Å². The highest BCUT2D eigenvalue weighted by Crippen LogP contribution is 2.41. The van der Waals surface area contributed by atoms with E-state index in [0.717, 1.165) is 61.6 Å². The molecule has 1 N–H and O–H groups in total. The van der Waals surface area contributed by atoms with Gasteiger partial charge in [-0.15, -0.1) is 0 Å². The zero-order chi connectivity index (χ0) is 29.4. The van der Waals surface area contributed by atoms with Crippen LogP contribution in [-0.2, 0) is 24.5 Å². The maximum Gasteiger partial charge on any atom is 0.363 e. The number of aryl methyl sites for hydroxylation is 1. The van der Waals surface area contributed by atoms with E-state index in [1.807, 2.05) is 19.1 Å². The molecular weight excluding hydrogens is 504 g/mol. The molecule has 0 radical (unpaired) electrons. The molecule has 0 aromatic heterocycles. The molecule has 1 aliphatic rings. The van der Waals surface area contributed by atoms with Crippen molar-refractivity contribution in [2.75, 3.05) is 13.2 Å². The number of benzene rings is 1. The zero-order valence-electron chi connectivity index (χ0n) is 25.6. The molecule has 0 saturated heterocycles. The molecule has 0 amide bonds. The normalized spacial score (nSPS) is 15.2. The first-order valence-electron chi connectivity index (χ1n) is 15.6. The van der Waals surface area contributed by atoms with Crippen molar-refractivity contribution in [2.45, 2.75) is 136 Å². The fraction of sp³-hybridized carbons (Fsp3) is 0.697. The second-order valence-electron chi connectivity index (χ2n) is 11.2. The third-order valence-corrected chi connectivity index (χ3v) is 7.85. The first-order valence-corrected chi connectivity index (χ1v) is 15.6. The van der Waals surface area contributed by atoms with Crippen LogP contribution < -0.4 is 0 Å². The molecule has 0 bridgehead atoms. The van der Waals surface area contributed by atoms with Crippen molar-refractivity contribution < 1.29 is 24.3 Å². The van der Waals surface area contributed by atoms with Crippen molar-refractivity contribution in [3.63, 3.8) is 0 Å². The number of ether oxygens (including phenoxy) is 2. The lowest BCUT2D eigenvalue weighted by molar-refractivity contribution is -0.164. The molecular formula is C33H52N2O5. The fourth-order valence-electron chi connectivity index (χ4n) is 6.01. The van der Waals surface area contributed by atoms with Gasteiger partial charge >= 0.3 is 11.9 Å². The summed E-state index contributed by atoms with van der Waals surface area (Å²) in [6, 6.07) is 5.96. The van der Waals surface area contributed by atoms with Crippen LogP contribution in [0.25, 0.3) is 0 Å². The van der Waals surface area contributed by atoms with Gasteiger partial charge < -0.3 is 14.7 Å². The summed E-state index contributed by atoms with van der Waals surface area (Å²) < 4.78 is 11.0. The van der Waals surface area contributed by atoms with Crippen molar-refractivity contribution in [3.05, 3.63) is 34.9 Å². The van der Waals surface area contributed by atoms with Crippen molar-refractivity contribution in [1.82, 2.24) is 0 Å². The van der Waals surface area contributed by atoms with Gasteiger partial charge in [-0.3, -0.25) is 4.99 Å². The third-order valence-electron chi connectivity index (χ3n) is 7.85. The Morgan fingerprint density at radius 1 is 0.950 bits per heavy atom. The lowest BCUT2D eigenvalue weighted by atomic mass is 9.68. The molecule has 1 aromatic carbocycles. The molecule has 224 valence electrons. The summed E-state index contributed by atoms with van der Waals surface area (Å²) in [6.45, 7) is 11.3. The molecule has 1 aromatic rings. The first-order chi connectivity index (χ1) is 19.4. The van der Waals surface area contributed by atoms with E-state index in [-0.39, 0.29) is 17.7 Å². The van der Waals surface area contributed by atoms with Gasteiger partial charge in [0.1, 0.15) is 5.71 Å². The second-order valence-corrected chi connectivity index (χ2v) is 11.2. The van der Waals surface area contributed by atoms with Gasteiger partial charge in [0.25, 0.3) is 0 Å². The van der Waals surface area contributed by atoms with Gasteiger partial charge in [-0.2, -0.15) is 0 Å². The maximum absolute atomic E-state index is 13.4. The van der Waals surface area contributed by atoms with Crippen LogP contribution in [0.2, 0.25) is 0 Å². The van der Waals surface area contributed by atoms with E-state index in [0.29, 0.717) is 25.1 Å². The summed E-state index contributed by atoms with van der Waals surface area (Å²) in [7, 11) is 0. The van der Waals surface area contributed by atoms with Gasteiger partial charge in [-0.1, -0.05) is 109 Å². The zero-order valence-corrected chi connectivity index (χ0v) is 25.6. The number of carbonyl (C=O) groups is 2. The number of unbranched alkanes of at least 4 members (excludes halogenated alkanes) is 7. The number of rotatable bonds is 19. The lowest BCUT2D eigenvalue weighted by Gasteiger charge is -2.39. The predicted octanol–water partition coefficient (Wildman–Crippen LogP) is 7.86. The number of hydrogen-bond donors (Lipinski definition) is 1. The molecule has 40 heavy (non-hydrogen) atoms. The smallest absolute Gasteiger partial charge is 0.363 e. The van der Waals surface area contributed by atoms with Gasteiger partial charge in [0.15, 0.2) is 6.10 Å². The molecule has 0 spiro atoms. The van der Waals surface area contributed by atoms with Crippen molar-refractivity contribution in [2.24, 2.45) is 10.1 Å². The van der Waals surface area contributed by atoms with Crippen LogP contribution >= 0.6 is 0 Å². The second kappa shape index (κ2) is 17.9. The van der Waals surface area contributed by atoms with Gasteiger partial charge in [0, 0.05) is 17.5 Å². The maximum atomic E-state index is 13.4. The minimum absolute atomic E-state index is 0.124. The van der Waals surface area contributed by atoms with Crippen molar-refractivity contribution in [3.8, 4) is 0 Å². The minimum Gasteiger partial charge on any atom is -0.463 e. The number of fused-ring (bicyclic) bond motifs is 1. The lowest BCUT2D eigenvalue weighted by Crippen LogP contribution is -2.41. The van der Waals surface area contributed by atoms with Crippen LogP contribution in [-0.4, -0.2) is 47.8 Å². The van der Waals surface area contributed by atoms with Crippen LogP contribution in [0.15, 0.2) is 28.3 Å². The van der Waals surface area contributed by atoms with E-state index in [4.69, 9.17) is 14.5 Å². The summed E-state index contributed by atoms with van der Waals surface area (Å²) in [5, 5.41) is 13.4. The largest absolute Gasteiger partial charge is 0.463 e. The number of oxime groups is 1. The Bertz CT molecular complexity index is 995. The first kappa shape index (κ1) is 33.5. The summed E-state index contributed by atoms with van der Waals surface area (Å²) >= 11 is 0. The third kappa shape index (κ3) is 9.17. The van der Waals surface area contributed by atoms with Gasteiger partial charge in [-0.05, 0) is 50.2 Å². The predicted molar refractivity (Wildman–Crippen MR) is 162 cm³/mol. The SMILES string of the molecule is CCCCCCCCCCC(OC(=O)/C(=N/O)C1=NCC(CCC)(CCC)c2c(C)cccc21)C(=O)OCCC. The standard InChI is InChI=1S/C33H52N2O5/c1-6-10-11-12-13-14-15-16-20-27(31(36)39-23-9-4)40-32(37)30(35-38)29-26-19-17-18-25(5)28(26)33(21-7-2,22-8-3)24-34-29/h17-19,27,38H,6-16,20-24H2,1-5H3/b35-30+. The average molecular weight is 557 g/mol. The summed E-state index contributed by atoms with van der Waals surface area (Å²) in [5.74, 6) is -1.41. The molecule has 0 saturated carbocycles. The Morgan fingerprint density at radius 3 is 2.20 bits per heavy atom. The Balaban J connectivity index is 2.21. The van der Waals surface area contributed by atoms with Gasteiger partial charge in [0.05, 0.1) is 6.61 Å². The molecule has 1 aliphatic heterocycles. The van der Waals surface area contributed by atoms with E-state index < -0.39 is 18.0 Å². The van der Waals surface area contributed by atoms with Gasteiger partial charge in [-0.25, -0.2) is 9.59 Å². The van der Waals surface area contributed by atoms with E-state index in [2.05, 4.69) is 38.9 Å². The number of esters is 2. The Hall–Kier alpha value is -2.70. The van der Waals surface area contributed by atoms with Crippen LogP contribution in [0.1, 0.15) is 134 Å². The van der Waals surface area contributed by atoms with Crippen LogP contribution in [0.5, 0.6) is 0 Å². The quantitative estimate of drug-likeness (QED) is 0.0615. The van der Waals surface area contributed by atoms with Crippen LogP contribution in [0.4, 0.5) is 0 Å². The molecule has 7 nitrogen and oxygen atoms in total. The number of hydrogen-bond acceptors (Lipinski definition) is 7. The van der Waals surface area contributed by atoms with E-state index >= 15 is 0 Å². The molecule has 0 fully saturated rings. The highest BCUT2D eigenvalue weighted by molar-refractivity contribution is 6.69. The molecule has 1 heterocycles. The van der Waals surface area contributed by atoms with Crippen molar-refractivity contribution >= 4 is 23.4 Å². The summed E-state index contributed by atoms with van der Waals surface area (Å²) in [6.07, 6.45) is 12.9. The monoisotopic (exact) mass is 556 g/mol. The van der Waals surface area contributed by atoms with E-state index in [1.165, 1.54) is 32.1 Å². The highest BCUT2D eigenvalue weighted by atomic mass is 16.6. The number of carbonyl (C=O) groups excluding carboxylic acids is 2. The minimum atomic E-state index is -1.05. The Kier molecular flexibility index (Phi) is 15.0. The molecule has 2 rings (SSSR count). The molecule has 1 unspecified atom stereocenters. The van der Waals surface area contributed by atoms with Crippen LogP contribution in [0, 0.1) is 6.92 Å². The number of aliphatic imine (C=N–C) groups is 1. The highest BCUT2D eigenvalue weighted by Gasteiger charge is 2.40. The fourth-order valence-corrected chi connectivity index (χ4v) is 6.01. The molecule has 7 heteroatoms. The number of nitrogens with zero attached hydrogens (tertiary/aromatic N) is 2. The van der Waals surface area contributed by atoms with Crippen LogP contribution in [0.3, 0.4) is 0 Å². The van der Waals surface area contributed by atoms with Gasteiger partial charge in [0.2, 0.25) is 5.71 Å². The van der Waals surface area contributed by atoms with E-state index in [1.54, 1.807) is 0 Å². The average Bonchev–Trinajstić information content (AvgIpc) is 2.94.